The van der Waals surface area contributed by atoms with Crippen molar-refractivity contribution in [3.63, 3.8) is 0 Å². The Morgan fingerprint density at radius 3 is 2.48 bits per heavy atom. The van der Waals surface area contributed by atoms with Crippen molar-refractivity contribution in [1.82, 2.24) is 23.7 Å². The Bertz CT molecular complexity index is 655. The van der Waals surface area contributed by atoms with Crippen LogP contribution in [0.25, 0.3) is 0 Å². The van der Waals surface area contributed by atoms with E-state index in [2.05, 4.69) is 10.2 Å². The number of carbonyl (C=O) groups excluding carboxylic acids is 1. The van der Waals surface area contributed by atoms with Crippen molar-refractivity contribution in [3.8, 4) is 0 Å². The zero-order valence-corrected chi connectivity index (χ0v) is 15.4. The standard InChI is InChI=1S/C16H27N5O3S/c22-16(6-3-5-15-13-17-18-14-15)19-7-4-10-21(12-11-19)25(23,24)20-8-1-2-9-20/h13-14H,1-12H2,(H,17,18). The molecule has 0 saturated carbocycles. The number of aromatic nitrogens is 2. The Kier molecular flexibility index (Phi) is 6.08. The molecule has 8 nitrogen and oxygen atoms in total. The first kappa shape index (κ1) is 18.3. The molecule has 2 saturated heterocycles. The fourth-order valence-electron chi connectivity index (χ4n) is 3.47. The van der Waals surface area contributed by atoms with Crippen LogP contribution in [0.1, 0.15) is 37.7 Å². The Hall–Kier alpha value is -1.45. The highest BCUT2D eigenvalue weighted by Gasteiger charge is 2.33. The largest absolute Gasteiger partial charge is 0.341 e. The van der Waals surface area contributed by atoms with Crippen LogP contribution < -0.4 is 0 Å². The van der Waals surface area contributed by atoms with Gasteiger partial charge in [-0.25, -0.2) is 0 Å². The number of rotatable bonds is 6. The molecule has 0 atom stereocenters. The fourth-order valence-corrected chi connectivity index (χ4v) is 5.19. The van der Waals surface area contributed by atoms with E-state index in [9.17, 15) is 13.2 Å². The summed E-state index contributed by atoms with van der Waals surface area (Å²) >= 11 is 0. The topological polar surface area (TPSA) is 89.6 Å². The maximum absolute atomic E-state index is 12.7. The van der Waals surface area contributed by atoms with E-state index in [-0.39, 0.29) is 5.91 Å². The van der Waals surface area contributed by atoms with Crippen molar-refractivity contribution in [2.75, 3.05) is 39.3 Å². The Labute approximate surface area is 149 Å². The lowest BCUT2D eigenvalue weighted by molar-refractivity contribution is -0.131. The maximum Gasteiger partial charge on any atom is 0.282 e. The molecule has 1 aromatic heterocycles. The van der Waals surface area contributed by atoms with E-state index < -0.39 is 10.2 Å². The summed E-state index contributed by atoms with van der Waals surface area (Å²) < 4.78 is 28.5. The van der Waals surface area contributed by atoms with Gasteiger partial charge in [0.05, 0.1) is 6.20 Å². The van der Waals surface area contributed by atoms with E-state index in [0.29, 0.717) is 52.1 Å². The molecule has 1 amide bonds. The van der Waals surface area contributed by atoms with Gasteiger partial charge in [0.15, 0.2) is 0 Å². The van der Waals surface area contributed by atoms with Gasteiger partial charge in [-0.15, -0.1) is 0 Å². The molecule has 2 fully saturated rings. The summed E-state index contributed by atoms with van der Waals surface area (Å²) in [6.07, 6.45) is 8.29. The van der Waals surface area contributed by atoms with Gasteiger partial charge in [0.2, 0.25) is 5.91 Å². The second kappa shape index (κ2) is 8.29. The van der Waals surface area contributed by atoms with Gasteiger partial charge in [-0.2, -0.15) is 22.1 Å². The number of amides is 1. The lowest BCUT2D eigenvalue weighted by Gasteiger charge is -2.26. The summed E-state index contributed by atoms with van der Waals surface area (Å²) in [6, 6.07) is 0. The first-order valence-electron chi connectivity index (χ1n) is 9.08. The van der Waals surface area contributed by atoms with Gasteiger partial charge in [0.25, 0.3) is 10.2 Å². The van der Waals surface area contributed by atoms with Crippen molar-refractivity contribution in [3.05, 3.63) is 18.0 Å². The molecule has 0 bridgehead atoms. The highest BCUT2D eigenvalue weighted by Crippen LogP contribution is 2.18. The molecular formula is C16H27N5O3S. The van der Waals surface area contributed by atoms with Crippen LogP contribution in [0.15, 0.2) is 12.4 Å². The lowest BCUT2D eigenvalue weighted by atomic mass is 10.1. The van der Waals surface area contributed by atoms with Gasteiger partial charge >= 0.3 is 0 Å². The van der Waals surface area contributed by atoms with Gasteiger partial charge in [-0.05, 0) is 37.7 Å². The van der Waals surface area contributed by atoms with E-state index in [1.807, 2.05) is 11.1 Å². The monoisotopic (exact) mass is 369 g/mol. The van der Waals surface area contributed by atoms with E-state index in [1.165, 1.54) is 0 Å². The fraction of sp³-hybridized carbons (Fsp3) is 0.750. The molecule has 1 aromatic rings. The number of nitrogens with zero attached hydrogens (tertiary/aromatic N) is 4. The van der Waals surface area contributed by atoms with Crippen molar-refractivity contribution in [2.45, 2.75) is 38.5 Å². The number of hydrogen-bond donors (Lipinski definition) is 1. The van der Waals surface area contributed by atoms with Crippen molar-refractivity contribution < 1.29 is 13.2 Å². The zero-order chi connectivity index (χ0) is 17.7. The summed E-state index contributed by atoms with van der Waals surface area (Å²) in [5.41, 5.74) is 1.10. The molecule has 0 aliphatic carbocycles. The number of nitrogens with one attached hydrogen (secondary N) is 1. The number of aryl methyl sites for hydroxylation is 1. The molecule has 3 rings (SSSR count). The molecule has 0 radical (unpaired) electrons. The van der Waals surface area contributed by atoms with E-state index >= 15 is 0 Å². The van der Waals surface area contributed by atoms with Gasteiger partial charge < -0.3 is 4.90 Å². The summed E-state index contributed by atoms with van der Waals surface area (Å²) in [7, 11) is -3.36. The third kappa shape index (κ3) is 4.59. The molecular weight excluding hydrogens is 342 g/mol. The molecule has 25 heavy (non-hydrogen) atoms. The van der Waals surface area contributed by atoms with Crippen LogP contribution in [-0.4, -0.2) is 77.3 Å². The molecule has 140 valence electrons. The smallest absolute Gasteiger partial charge is 0.282 e. The van der Waals surface area contributed by atoms with Crippen molar-refractivity contribution >= 4 is 16.1 Å². The highest BCUT2D eigenvalue weighted by atomic mass is 32.2. The third-order valence-electron chi connectivity index (χ3n) is 4.94. The van der Waals surface area contributed by atoms with Crippen LogP contribution in [0.2, 0.25) is 0 Å². The third-order valence-corrected chi connectivity index (χ3v) is 6.97. The van der Waals surface area contributed by atoms with E-state index in [4.69, 9.17) is 0 Å². The van der Waals surface area contributed by atoms with Crippen molar-refractivity contribution in [1.29, 1.82) is 0 Å². The van der Waals surface area contributed by atoms with Crippen LogP contribution in [0.4, 0.5) is 0 Å². The van der Waals surface area contributed by atoms with Gasteiger partial charge in [0, 0.05) is 51.9 Å². The quantitative estimate of drug-likeness (QED) is 0.795. The van der Waals surface area contributed by atoms with Gasteiger partial charge in [-0.3, -0.25) is 9.89 Å². The van der Waals surface area contributed by atoms with Crippen molar-refractivity contribution in [2.24, 2.45) is 0 Å². The first-order valence-corrected chi connectivity index (χ1v) is 10.5. The van der Waals surface area contributed by atoms with Gasteiger partial charge in [0.1, 0.15) is 0 Å². The Morgan fingerprint density at radius 1 is 1.04 bits per heavy atom. The summed E-state index contributed by atoms with van der Waals surface area (Å²) in [5.74, 6) is 0.115. The molecule has 0 unspecified atom stereocenters. The maximum atomic E-state index is 12.7. The number of carbonyl (C=O) groups is 1. The Balaban J connectivity index is 1.48. The molecule has 2 aliphatic heterocycles. The normalized spacial score (nSPS) is 20.7. The number of H-pyrrole nitrogens is 1. The van der Waals surface area contributed by atoms with Gasteiger partial charge in [-0.1, -0.05) is 0 Å². The lowest BCUT2D eigenvalue weighted by Crippen LogP contribution is -2.44. The van der Waals surface area contributed by atoms with Crippen LogP contribution in [-0.2, 0) is 21.4 Å². The van der Waals surface area contributed by atoms with Crippen LogP contribution in [0, 0.1) is 0 Å². The minimum Gasteiger partial charge on any atom is -0.341 e. The molecule has 9 heteroatoms. The predicted octanol–water partition coefficient (Wildman–Crippen LogP) is 0.607. The summed E-state index contributed by atoms with van der Waals surface area (Å²) in [6.45, 7) is 3.25. The second-order valence-corrected chi connectivity index (χ2v) is 8.64. The average molecular weight is 369 g/mol. The van der Waals surface area contributed by atoms with Crippen LogP contribution in [0.5, 0.6) is 0 Å². The molecule has 1 N–H and O–H groups in total. The van der Waals surface area contributed by atoms with E-state index in [0.717, 1.165) is 31.2 Å². The number of hydrogen-bond acceptors (Lipinski definition) is 4. The molecule has 2 aliphatic rings. The minimum atomic E-state index is -3.36. The SMILES string of the molecule is O=C(CCCc1cn[nH]c1)N1CCCN(S(=O)(=O)N2CCCC2)CC1. The van der Waals surface area contributed by atoms with E-state index in [1.54, 1.807) is 14.8 Å². The minimum absolute atomic E-state index is 0.115. The molecule has 0 spiro atoms. The average Bonchev–Trinajstić information content (AvgIpc) is 3.25. The molecule has 0 aromatic carbocycles. The predicted molar refractivity (Wildman–Crippen MR) is 94.0 cm³/mol. The Morgan fingerprint density at radius 2 is 1.76 bits per heavy atom. The zero-order valence-electron chi connectivity index (χ0n) is 14.6. The first-order chi connectivity index (χ1) is 12.1. The summed E-state index contributed by atoms with van der Waals surface area (Å²) in [5, 5.41) is 6.67. The summed E-state index contributed by atoms with van der Waals surface area (Å²) in [4.78, 5) is 14.2. The number of aromatic amines is 1. The highest BCUT2D eigenvalue weighted by molar-refractivity contribution is 7.86. The van der Waals surface area contributed by atoms with Crippen LogP contribution in [0.3, 0.4) is 0 Å². The van der Waals surface area contributed by atoms with Crippen LogP contribution >= 0.6 is 0 Å². The molecule has 3 heterocycles. The second-order valence-electron chi connectivity index (χ2n) is 6.71.